The maximum absolute atomic E-state index is 11.4. The summed E-state index contributed by atoms with van der Waals surface area (Å²) in [4.78, 5) is 35.6. The Morgan fingerprint density at radius 3 is 1.79 bits per heavy atom. The van der Waals surface area contributed by atoms with Gasteiger partial charge in [-0.1, -0.05) is 123 Å². The Morgan fingerprint density at radius 1 is 0.577 bits per heavy atom. The molecule has 8 heteroatoms. The van der Waals surface area contributed by atoms with Crippen LogP contribution in [-0.4, -0.2) is 27.0 Å². The van der Waals surface area contributed by atoms with Crippen LogP contribution >= 0.6 is 31.9 Å². The van der Waals surface area contributed by atoms with Gasteiger partial charge in [0.1, 0.15) is 0 Å². The van der Waals surface area contributed by atoms with Crippen molar-refractivity contribution in [2.24, 2.45) is 0 Å². The average Bonchev–Trinajstić information content (AvgIpc) is 3.19. The molecular formula is C44H30Br2N4O2. The van der Waals surface area contributed by atoms with E-state index in [2.05, 4.69) is 109 Å². The molecular weight excluding hydrogens is 776 g/mol. The quantitative estimate of drug-likeness (QED) is 0.0826. The Hall–Kier alpha value is -5.83. The number of aldehydes is 1. The van der Waals surface area contributed by atoms with Gasteiger partial charge in [0.15, 0.2) is 12.1 Å². The molecule has 6 nitrogen and oxygen atoms in total. The zero-order valence-electron chi connectivity index (χ0n) is 27.9. The van der Waals surface area contributed by atoms with Crippen LogP contribution in [0.25, 0.3) is 65.5 Å². The van der Waals surface area contributed by atoms with Crippen molar-refractivity contribution in [2.45, 2.75) is 6.92 Å². The monoisotopic (exact) mass is 804 g/mol. The minimum atomic E-state index is 0.105. The van der Waals surface area contributed by atoms with Gasteiger partial charge >= 0.3 is 0 Å². The highest BCUT2D eigenvalue weighted by Gasteiger charge is 2.11. The number of nitrogens with two attached hydrogens (primary N) is 1. The Kier molecular flexibility index (Phi) is 10.1. The van der Waals surface area contributed by atoms with Crippen molar-refractivity contribution in [3.63, 3.8) is 0 Å². The third kappa shape index (κ3) is 6.91. The largest absolute Gasteiger partial charge is 0.396 e. The van der Waals surface area contributed by atoms with Crippen LogP contribution < -0.4 is 5.73 Å². The average molecular weight is 807 g/mol. The predicted octanol–water partition coefficient (Wildman–Crippen LogP) is 11.8. The molecule has 2 N–H and O–H groups in total. The van der Waals surface area contributed by atoms with Gasteiger partial charge in [0.2, 0.25) is 0 Å². The number of hydrogen-bond acceptors (Lipinski definition) is 6. The van der Waals surface area contributed by atoms with Crippen LogP contribution in [-0.2, 0) is 0 Å². The number of nitrogen functional groups attached to an aromatic ring is 1. The van der Waals surface area contributed by atoms with Gasteiger partial charge < -0.3 is 5.73 Å². The number of rotatable bonds is 3. The van der Waals surface area contributed by atoms with E-state index in [0.29, 0.717) is 16.8 Å². The van der Waals surface area contributed by atoms with E-state index in [9.17, 15) is 9.59 Å². The predicted molar refractivity (Wildman–Crippen MR) is 221 cm³/mol. The molecule has 252 valence electrons. The van der Waals surface area contributed by atoms with Crippen LogP contribution in [0.2, 0.25) is 0 Å². The van der Waals surface area contributed by atoms with Crippen molar-refractivity contribution in [3.8, 4) is 11.3 Å². The van der Waals surface area contributed by atoms with Crippen molar-refractivity contribution >= 4 is 104 Å². The molecule has 0 saturated carbocycles. The molecule has 0 fully saturated rings. The zero-order valence-corrected chi connectivity index (χ0v) is 31.1. The van der Waals surface area contributed by atoms with Gasteiger partial charge in [0, 0.05) is 54.2 Å². The number of carbonyl (C=O) groups is 2. The van der Waals surface area contributed by atoms with E-state index in [0.717, 1.165) is 70.0 Å². The smallest absolute Gasteiger partial charge is 0.160 e. The fourth-order valence-electron chi connectivity index (χ4n) is 6.21. The molecule has 0 atom stereocenters. The Bertz CT molecular complexity index is 2800. The Balaban J connectivity index is 0.000000133. The molecule has 0 unspecified atom stereocenters. The molecule has 0 aliphatic heterocycles. The number of fused-ring (bicyclic) bond motifs is 6. The normalized spacial score (nSPS) is 10.8. The van der Waals surface area contributed by atoms with Gasteiger partial charge in [-0.2, -0.15) is 0 Å². The number of aromatic nitrogens is 3. The summed E-state index contributed by atoms with van der Waals surface area (Å²) in [6.07, 6.45) is 4.22. The molecule has 0 aliphatic rings. The standard InChI is InChI=1S/C22H13BrN2.C12H9BrO.C10H8N2O/c23-19-11-10-18(16-5-1-2-6-17(16)19)20-12-9-15-8-7-14-4-3-13-24-21(14)22(15)25-20;1-8(14)9-6-7-12(13)11-5-3-2-4-10(9)11;11-9-8(6-13)4-3-7-2-1-5-12-10(7)9/h1-13H;2-7H,1H3;1-6H,11H2. The number of carbonyl (C=O) groups excluding carboxylic acids is 2. The molecule has 6 aromatic carbocycles. The van der Waals surface area contributed by atoms with Crippen molar-refractivity contribution in [3.05, 3.63) is 166 Å². The second kappa shape index (κ2) is 15.2. The molecule has 3 aromatic heterocycles. The first-order chi connectivity index (χ1) is 25.3. The fraction of sp³-hybridized carbons (Fsp3) is 0.0227. The first kappa shape index (κ1) is 34.6. The Morgan fingerprint density at radius 2 is 1.12 bits per heavy atom. The molecule has 0 bridgehead atoms. The van der Waals surface area contributed by atoms with Gasteiger partial charge in [-0.3, -0.25) is 19.6 Å². The SMILES string of the molecule is Brc1ccc(-c2ccc3ccc4cccnc4c3n2)c2ccccc12.CC(=O)c1ccc(Br)c2ccccc12.Nc1c(C=O)ccc2cccnc12. The molecule has 0 radical (unpaired) electrons. The zero-order chi connectivity index (χ0) is 36.2. The van der Waals surface area contributed by atoms with E-state index in [1.807, 2.05) is 66.9 Å². The van der Waals surface area contributed by atoms with E-state index in [-0.39, 0.29) is 5.78 Å². The second-order valence-electron chi connectivity index (χ2n) is 12.0. The topological polar surface area (TPSA) is 98.8 Å². The second-order valence-corrected chi connectivity index (χ2v) is 13.7. The lowest BCUT2D eigenvalue weighted by molar-refractivity contribution is 0.101. The molecule has 0 saturated heterocycles. The molecule has 52 heavy (non-hydrogen) atoms. The van der Waals surface area contributed by atoms with E-state index < -0.39 is 0 Å². The van der Waals surface area contributed by atoms with Gasteiger partial charge in [0.05, 0.1) is 27.9 Å². The minimum Gasteiger partial charge on any atom is -0.396 e. The molecule has 9 aromatic rings. The molecule has 0 amide bonds. The highest BCUT2D eigenvalue weighted by Crippen LogP contribution is 2.34. The summed E-state index contributed by atoms with van der Waals surface area (Å²) in [5.41, 5.74) is 12.1. The molecule has 0 spiro atoms. The third-order valence-corrected chi connectivity index (χ3v) is 10.2. The lowest BCUT2D eigenvalue weighted by Gasteiger charge is -2.09. The highest BCUT2D eigenvalue weighted by atomic mass is 79.9. The number of Topliss-reactive ketones (excluding diaryl/α,β-unsaturated/α-hetero) is 1. The van der Waals surface area contributed by atoms with Gasteiger partial charge in [-0.25, -0.2) is 4.98 Å². The summed E-state index contributed by atoms with van der Waals surface area (Å²) < 4.78 is 2.12. The number of pyridine rings is 3. The van der Waals surface area contributed by atoms with Crippen LogP contribution in [0.3, 0.4) is 0 Å². The summed E-state index contributed by atoms with van der Waals surface area (Å²) in [6, 6.07) is 44.0. The number of ketones is 1. The van der Waals surface area contributed by atoms with Gasteiger partial charge in [0.25, 0.3) is 0 Å². The summed E-state index contributed by atoms with van der Waals surface area (Å²) in [6.45, 7) is 1.59. The van der Waals surface area contributed by atoms with Crippen molar-refractivity contribution < 1.29 is 9.59 Å². The van der Waals surface area contributed by atoms with Crippen LogP contribution in [0, 0.1) is 0 Å². The maximum atomic E-state index is 11.4. The van der Waals surface area contributed by atoms with Crippen LogP contribution in [0.1, 0.15) is 27.6 Å². The minimum absolute atomic E-state index is 0.105. The van der Waals surface area contributed by atoms with E-state index in [1.165, 1.54) is 10.8 Å². The van der Waals surface area contributed by atoms with Crippen molar-refractivity contribution in [2.75, 3.05) is 5.73 Å². The van der Waals surface area contributed by atoms with E-state index in [1.54, 1.807) is 19.2 Å². The van der Waals surface area contributed by atoms with E-state index in [4.69, 9.17) is 10.7 Å². The number of benzene rings is 6. The summed E-state index contributed by atoms with van der Waals surface area (Å²) in [5.74, 6) is 0.105. The van der Waals surface area contributed by atoms with Gasteiger partial charge in [-0.15, -0.1) is 0 Å². The van der Waals surface area contributed by atoms with Crippen molar-refractivity contribution in [1.29, 1.82) is 0 Å². The lowest BCUT2D eigenvalue weighted by atomic mass is 10.0. The number of halogens is 2. The van der Waals surface area contributed by atoms with Crippen LogP contribution in [0.15, 0.2) is 155 Å². The maximum Gasteiger partial charge on any atom is 0.160 e. The summed E-state index contributed by atoms with van der Waals surface area (Å²) >= 11 is 7.11. The fourth-order valence-corrected chi connectivity index (χ4v) is 7.17. The molecule has 0 aliphatic carbocycles. The first-order valence-electron chi connectivity index (χ1n) is 16.4. The first-order valence-corrected chi connectivity index (χ1v) is 18.0. The van der Waals surface area contributed by atoms with Crippen molar-refractivity contribution in [1.82, 2.24) is 15.0 Å². The number of hydrogen-bond donors (Lipinski definition) is 1. The van der Waals surface area contributed by atoms with Gasteiger partial charge in [-0.05, 0) is 70.9 Å². The molecule has 9 rings (SSSR count). The molecule has 3 heterocycles. The highest BCUT2D eigenvalue weighted by molar-refractivity contribution is 9.11. The third-order valence-electron chi connectivity index (χ3n) is 8.80. The number of nitrogens with zero attached hydrogens (tertiary/aromatic N) is 3. The lowest BCUT2D eigenvalue weighted by Crippen LogP contribution is -1.95. The van der Waals surface area contributed by atoms with Crippen LogP contribution in [0.5, 0.6) is 0 Å². The van der Waals surface area contributed by atoms with E-state index >= 15 is 0 Å². The number of anilines is 1. The summed E-state index contributed by atoms with van der Waals surface area (Å²) in [5, 5.41) is 7.65. The summed E-state index contributed by atoms with van der Waals surface area (Å²) in [7, 11) is 0. The van der Waals surface area contributed by atoms with Crippen LogP contribution in [0.4, 0.5) is 5.69 Å². The Labute approximate surface area is 316 Å².